The van der Waals surface area contributed by atoms with Crippen molar-refractivity contribution in [3.05, 3.63) is 65.5 Å². The third kappa shape index (κ3) is 3.54. The first-order valence-electron chi connectivity index (χ1n) is 11.4. The predicted octanol–water partition coefficient (Wildman–Crippen LogP) is 3.46. The summed E-state index contributed by atoms with van der Waals surface area (Å²) in [5, 5.41) is 20.4. The fraction of sp³-hybridized carbons (Fsp3) is 0.400. The van der Waals surface area contributed by atoms with E-state index in [2.05, 4.69) is 61.1 Å². The van der Waals surface area contributed by atoms with Crippen LogP contribution in [-0.4, -0.2) is 45.8 Å². The molecular weight excluding hydrogens is 414 g/mol. The first kappa shape index (κ1) is 21.5. The van der Waals surface area contributed by atoms with Crippen LogP contribution in [0.3, 0.4) is 0 Å². The molecule has 5 rings (SSSR count). The quantitative estimate of drug-likeness (QED) is 0.493. The van der Waals surface area contributed by atoms with Crippen LogP contribution in [0.5, 0.6) is 0 Å². The van der Waals surface area contributed by atoms with Crippen LogP contribution in [0.2, 0.25) is 0 Å². The number of aryl methyl sites for hydroxylation is 1. The number of aromatic nitrogens is 6. The second-order valence-electron chi connectivity index (χ2n) is 9.44. The first-order valence-corrected chi connectivity index (χ1v) is 11.4. The summed E-state index contributed by atoms with van der Waals surface area (Å²) in [4.78, 5) is 14.0. The lowest BCUT2D eigenvalue weighted by atomic mass is 9.74. The number of hydrogen-bond acceptors (Lipinski definition) is 6. The van der Waals surface area contributed by atoms with Gasteiger partial charge in [-0.2, -0.15) is 10.2 Å². The molecule has 33 heavy (non-hydrogen) atoms. The topological polar surface area (TPSA) is 93.5 Å². The highest BCUT2D eigenvalue weighted by molar-refractivity contribution is 6.09. The summed E-state index contributed by atoms with van der Waals surface area (Å²) >= 11 is 0. The van der Waals surface area contributed by atoms with E-state index in [0.29, 0.717) is 18.6 Å². The van der Waals surface area contributed by atoms with Crippen molar-refractivity contribution in [2.75, 3.05) is 0 Å². The summed E-state index contributed by atoms with van der Waals surface area (Å²) in [6.45, 7) is 8.81. The zero-order valence-electron chi connectivity index (χ0n) is 19.7. The van der Waals surface area contributed by atoms with Crippen molar-refractivity contribution in [1.29, 1.82) is 0 Å². The molecule has 0 amide bonds. The van der Waals surface area contributed by atoms with Gasteiger partial charge in [0, 0.05) is 43.2 Å². The lowest BCUT2D eigenvalue weighted by molar-refractivity contribution is 0.0201. The first-order chi connectivity index (χ1) is 15.8. The maximum Gasteiger partial charge on any atom is 0.182 e. The zero-order valence-corrected chi connectivity index (χ0v) is 19.7. The van der Waals surface area contributed by atoms with Crippen molar-refractivity contribution in [2.24, 2.45) is 23.9 Å². The fourth-order valence-electron chi connectivity index (χ4n) is 4.79. The number of fused-ring (bicyclic) bond motifs is 2. The molecule has 3 aromatic heterocycles. The third-order valence-electron chi connectivity index (χ3n) is 6.61. The van der Waals surface area contributed by atoms with E-state index >= 15 is 0 Å². The average Bonchev–Trinajstić information content (AvgIpc) is 3.50. The summed E-state index contributed by atoms with van der Waals surface area (Å²) in [5.41, 5.74) is 5.57. The van der Waals surface area contributed by atoms with E-state index in [1.165, 1.54) is 0 Å². The van der Waals surface area contributed by atoms with Gasteiger partial charge < -0.3 is 5.11 Å². The lowest BCUT2D eigenvalue weighted by Gasteiger charge is -2.36. The Bertz CT molecular complexity index is 1350. The van der Waals surface area contributed by atoms with Crippen molar-refractivity contribution in [3.8, 4) is 11.3 Å². The Morgan fingerprint density at radius 2 is 1.94 bits per heavy atom. The van der Waals surface area contributed by atoms with Gasteiger partial charge >= 0.3 is 0 Å². The maximum absolute atomic E-state index is 11.5. The second kappa shape index (κ2) is 7.88. The minimum absolute atomic E-state index is 0.0756. The molecule has 0 atom stereocenters. The van der Waals surface area contributed by atoms with Crippen molar-refractivity contribution in [3.63, 3.8) is 0 Å². The van der Waals surface area contributed by atoms with E-state index in [1.54, 1.807) is 21.6 Å². The molecule has 0 bridgehead atoms. The molecule has 0 saturated carbocycles. The van der Waals surface area contributed by atoms with Gasteiger partial charge in [0.05, 0.1) is 18.5 Å². The van der Waals surface area contributed by atoms with Crippen LogP contribution in [0.4, 0.5) is 0 Å². The molecular formula is C25H29N7O. The Balaban J connectivity index is 1.44. The zero-order chi connectivity index (χ0) is 23.3. The SMILES string of the molecule is CC(C)C(O)(C1=NCc2cc(Cc3nc4c(-c5cnn(C)c5)nccn4n3)ccc21)C(C)C. The van der Waals surface area contributed by atoms with Gasteiger partial charge in [0.15, 0.2) is 11.5 Å². The largest absolute Gasteiger partial charge is 0.383 e. The highest BCUT2D eigenvalue weighted by atomic mass is 16.3. The molecule has 0 unspecified atom stereocenters. The van der Waals surface area contributed by atoms with Gasteiger partial charge in [-0.25, -0.2) is 9.50 Å². The molecule has 1 aromatic carbocycles. The molecule has 0 radical (unpaired) electrons. The van der Waals surface area contributed by atoms with Crippen LogP contribution in [-0.2, 0) is 20.0 Å². The summed E-state index contributed by atoms with van der Waals surface area (Å²) in [6, 6.07) is 6.34. The summed E-state index contributed by atoms with van der Waals surface area (Å²) < 4.78 is 3.52. The number of aliphatic imine (C=N–C) groups is 1. The van der Waals surface area contributed by atoms with Gasteiger partial charge in [-0.15, -0.1) is 0 Å². The molecule has 1 aliphatic heterocycles. The Hall–Kier alpha value is -3.39. The number of nitrogens with zero attached hydrogens (tertiary/aromatic N) is 7. The van der Waals surface area contributed by atoms with Crippen molar-refractivity contribution >= 4 is 11.4 Å². The summed E-state index contributed by atoms with van der Waals surface area (Å²) in [7, 11) is 1.88. The van der Waals surface area contributed by atoms with Crippen molar-refractivity contribution in [2.45, 2.75) is 46.3 Å². The van der Waals surface area contributed by atoms with Gasteiger partial charge in [-0.05, 0) is 23.0 Å². The maximum atomic E-state index is 11.5. The standard InChI is InChI=1S/C25H29N7O/c1-15(2)25(33,16(3)4)23-20-7-6-17(10-18(20)12-27-23)11-21-29-24-22(19-13-28-31(5)14-19)26-8-9-32(24)30-21/h6-10,13-16,33H,11-12H2,1-5H3. The van der Waals surface area contributed by atoms with Crippen LogP contribution >= 0.6 is 0 Å². The molecule has 8 nitrogen and oxygen atoms in total. The molecule has 8 heteroatoms. The Morgan fingerprint density at radius 1 is 1.15 bits per heavy atom. The van der Waals surface area contributed by atoms with E-state index in [0.717, 1.165) is 39.5 Å². The molecule has 1 aliphatic rings. The minimum atomic E-state index is -0.939. The number of hydrogen-bond donors (Lipinski definition) is 1. The van der Waals surface area contributed by atoms with Gasteiger partial charge in [-0.3, -0.25) is 14.7 Å². The molecule has 4 heterocycles. The smallest absolute Gasteiger partial charge is 0.182 e. The Labute approximate surface area is 193 Å². The van der Waals surface area contributed by atoms with Crippen LogP contribution in [0.25, 0.3) is 16.9 Å². The van der Waals surface area contributed by atoms with Crippen molar-refractivity contribution in [1.82, 2.24) is 29.4 Å². The highest BCUT2D eigenvalue weighted by Crippen LogP contribution is 2.35. The fourth-order valence-corrected chi connectivity index (χ4v) is 4.79. The molecule has 0 aliphatic carbocycles. The highest BCUT2D eigenvalue weighted by Gasteiger charge is 2.42. The number of benzene rings is 1. The number of rotatable bonds is 6. The predicted molar refractivity (Wildman–Crippen MR) is 127 cm³/mol. The van der Waals surface area contributed by atoms with Crippen LogP contribution in [0.1, 0.15) is 50.2 Å². The molecule has 0 fully saturated rings. The average molecular weight is 444 g/mol. The van der Waals surface area contributed by atoms with Gasteiger partial charge in [-0.1, -0.05) is 45.9 Å². The molecule has 0 saturated heterocycles. The molecule has 1 N–H and O–H groups in total. The third-order valence-corrected chi connectivity index (χ3v) is 6.61. The van der Waals surface area contributed by atoms with Crippen LogP contribution < -0.4 is 0 Å². The Kier molecular flexibility index (Phi) is 5.12. The molecule has 4 aromatic rings. The van der Waals surface area contributed by atoms with E-state index in [4.69, 9.17) is 9.98 Å². The molecule has 0 spiro atoms. The van der Waals surface area contributed by atoms with E-state index in [-0.39, 0.29) is 11.8 Å². The van der Waals surface area contributed by atoms with Crippen molar-refractivity contribution < 1.29 is 5.11 Å². The summed E-state index contributed by atoms with van der Waals surface area (Å²) in [6.07, 6.45) is 7.85. The van der Waals surface area contributed by atoms with E-state index in [9.17, 15) is 5.11 Å². The minimum Gasteiger partial charge on any atom is -0.383 e. The van der Waals surface area contributed by atoms with Gasteiger partial charge in [0.2, 0.25) is 0 Å². The monoisotopic (exact) mass is 443 g/mol. The normalized spacial score (nSPS) is 13.9. The number of aliphatic hydroxyl groups is 1. The Morgan fingerprint density at radius 3 is 2.64 bits per heavy atom. The summed E-state index contributed by atoms with van der Waals surface area (Å²) in [5.74, 6) is 0.881. The van der Waals surface area contributed by atoms with Crippen LogP contribution in [0.15, 0.2) is 48.0 Å². The van der Waals surface area contributed by atoms with E-state index < -0.39 is 5.60 Å². The van der Waals surface area contributed by atoms with Gasteiger partial charge in [0.25, 0.3) is 0 Å². The van der Waals surface area contributed by atoms with Crippen LogP contribution in [0, 0.1) is 11.8 Å². The molecule has 170 valence electrons. The second-order valence-corrected chi connectivity index (χ2v) is 9.44. The van der Waals surface area contributed by atoms with Gasteiger partial charge in [0.1, 0.15) is 11.3 Å². The van der Waals surface area contributed by atoms with E-state index in [1.807, 2.05) is 19.4 Å². The lowest BCUT2D eigenvalue weighted by Crippen LogP contribution is -2.48.